The first kappa shape index (κ1) is 11.0. The largest absolute Gasteiger partial charge is 0.365 e. The van der Waals surface area contributed by atoms with Crippen molar-refractivity contribution < 1.29 is 0 Å². The minimum Gasteiger partial charge on any atom is -0.365 e. The summed E-state index contributed by atoms with van der Waals surface area (Å²) in [5.41, 5.74) is 1.12. The Labute approximate surface area is 103 Å². The molecule has 0 aliphatic carbocycles. The highest BCUT2D eigenvalue weighted by atomic mass is 35.5. The van der Waals surface area contributed by atoms with E-state index >= 15 is 0 Å². The first-order valence-corrected chi connectivity index (χ1v) is 5.43. The molecule has 0 radical (unpaired) electrons. The summed E-state index contributed by atoms with van der Waals surface area (Å²) in [5.74, 6) is 0.652. The highest BCUT2D eigenvalue weighted by molar-refractivity contribution is 7.71. The summed E-state index contributed by atoms with van der Waals surface area (Å²) in [4.78, 5) is 4.07. The highest BCUT2D eigenvalue weighted by Gasteiger charge is 1.95. The number of aromatic nitrogens is 3. The number of nitrogens with one attached hydrogen (secondary N) is 2. The van der Waals surface area contributed by atoms with Gasteiger partial charge in [-0.2, -0.15) is 5.10 Å². The summed E-state index contributed by atoms with van der Waals surface area (Å²) in [6, 6.07) is 7.60. The number of halogens is 1. The minimum absolute atomic E-state index is 0.362. The zero-order valence-electron chi connectivity index (χ0n) is 8.27. The van der Waals surface area contributed by atoms with Gasteiger partial charge >= 0.3 is 0 Å². The van der Waals surface area contributed by atoms with Crippen molar-refractivity contribution in [1.82, 2.24) is 15.2 Å². The topological polar surface area (TPSA) is 53.6 Å². The van der Waals surface area contributed by atoms with E-state index in [1.54, 1.807) is 6.20 Å². The quantitative estimate of drug-likeness (QED) is 0.825. The van der Waals surface area contributed by atoms with Gasteiger partial charge in [-0.3, -0.25) is 5.10 Å². The molecule has 1 aromatic carbocycles. The van der Waals surface area contributed by atoms with Crippen molar-refractivity contribution >= 4 is 29.6 Å². The van der Waals surface area contributed by atoms with Crippen LogP contribution in [0.2, 0.25) is 5.02 Å². The third-order valence-electron chi connectivity index (χ3n) is 1.96. The van der Waals surface area contributed by atoms with E-state index in [9.17, 15) is 0 Å². The molecule has 4 nitrogen and oxygen atoms in total. The molecule has 2 rings (SSSR count). The molecule has 2 aromatic rings. The molecule has 2 N–H and O–H groups in total. The summed E-state index contributed by atoms with van der Waals surface area (Å²) in [6.07, 6.45) is 1.59. The smallest absolute Gasteiger partial charge is 0.215 e. The molecule has 0 fully saturated rings. The fraction of sp³-hybridized carbons (Fsp3) is 0.100. The molecule has 6 heteroatoms. The lowest BCUT2D eigenvalue weighted by Gasteiger charge is -2.04. The number of rotatable bonds is 3. The van der Waals surface area contributed by atoms with Crippen LogP contribution in [-0.4, -0.2) is 15.2 Å². The average molecular weight is 253 g/mol. The summed E-state index contributed by atoms with van der Waals surface area (Å²) in [6.45, 7) is 0.657. The molecule has 0 amide bonds. The van der Waals surface area contributed by atoms with Crippen LogP contribution in [0.3, 0.4) is 0 Å². The van der Waals surface area contributed by atoms with Crippen LogP contribution in [0.4, 0.5) is 5.82 Å². The van der Waals surface area contributed by atoms with Gasteiger partial charge in [0, 0.05) is 11.6 Å². The molecule has 0 saturated heterocycles. The lowest BCUT2D eigenvalue weighted by Crippen LogP contribution is -2.02. The maximum Gasteiger partial charge on any atom is 0.215 e. The van der Waals surface area contributed by atoms with Gasteiger partial charge in [0.25, 0.3) is 0 Å². The van der Waals surface area contributed by atoms with E-state index < -0.39 is 0 Å². The van der Waals surface area contributed by atoms with Crippen molar-refractivity contribution in [3.8, 4) is 0 Å². The number of hydrogen-bond acceptors (Lipinski definition) is 4. The normalized spacial score (nSPS) is 10.1. The molecule has 0 unspecified atom stereocenters. The van der Waals surface area contributed by atoms with Crippen molar-refractivity contribution in [3.05, 3.63) is 45.8 Å². The molecular weight excluding hydrogens is 244 g/mol. The summed E-state index contributed by atoms with van der Waals surface area (Å²) < 4.78 is 0.362. The number of anilines is 1. The van der Waals surface area contributed by atoms with E-state index in [1.165, 1.54) is 0 Å². The Hall–Kier alpha value is -1.46. The molecule has 0 saturated carbocycles. The first-order chi connectivity index (χ1) is 7.74. The second-order valence-corrected chi connectivity index (χ2v) is 3.98. The van der Waals surface area contributed by atoms with Gasteiger partial charge in [-0.25, -0.2) is 4.98 Å². The minimum atomic E-state index is 0.362. The lowest BCUT2D eigenvalue weighted by molar-refractivity contribution is 0.939. The Morgan fingerprint density at radius 1 is 1.31 bits per heavy atom. The summed E-state index contributed by atoms with van der Waals surface area (Å²) in [5, 5.41) is 10.3. The Morgan fingerprint density at radius 3 is 2.75 bits per heavy atom. The van der Waals surface area contributed by atoms with Crippen molar-refractivity contribution in [2.45, 2.75) is 6.54 Å². The van der Waals surface area contributed by atoms with E-state index in [2.05, 4.69) is 20.5 Å². The van der Waals surface area contributed by atoms with Crippen LogP contribution in [0.1, 0.15) is 5.56 Å². The van der Waals surface area contributed by atoms with Crippen LogP contribution >= 0.6 is 23.8 Å². The molecular formula is C10H9ClN4S. The zero-order valence-corrected chi connectivity index (χ0v) is 9.85. The first-order valence-electron chi connectivity index (χ1n) is 4.64. The second-order valence-electron chi connectivity index (χ2n) is 3.15. The molecule has 0 aliphatic heterocycles. The average Bonchev–Trinajstić information content (AvgIpc) is 2.28. The van der Waals surface area contributed by atoms with Crippen LogP contribution in [-0.2, 0) is 6.54 Å². The van der Waals surface area contributed by atoms with Gasteiger partial charge in [0.2, 0.25) is 4.77 Å². The molecule has 82 valence electrons. The second kappa shape index (κ2) is 5.05. The predicted molar refractivity (Wildman–Crippen MR) is 66.0 cm³/mol. The molecule has 16 heavy (non-hydrogen) atoms. The van der Waals surface area contributed by atoms with Crippen LogP contribution in [0.15, 0.2) is 30.5 Å². The molecule has 1 aromatic heterocycles. The van der Waals surface area contributed by atoms with Crippen molar-refractivity contribution in [2.75, 3.05) is 5.32 Å². The maximum absolute atomic E-state index is 5.79. The van der Waals surface area contributed by atoms with Gasteiger partial charge in [0.05, 0.1) is 6.20 Å². The lowest BCUT2D eigenvalue weighted by atomic mass is 10.2. The van der Waals surface area contributed by atoms with Crippen LogP contribution < -0.4 is 5.32 Å². The standard InChI is InChI=1S/C10H9ClN4S/c11-8-3-1-7(2-4-8)5-12-9-6-13-15-10(16)14-9/h1-4,6H,5H2,(H2,12,14,15,16). The zero-order chi connectivity index (χ0) is 11.4. The van der Waals surface area contributed by atoms with Crippen LogP contribution in [0.25, 0.3) is 0 Å². The van der Waals surface area contributed by atoms with E-state index in [0.717, 1.165) is 10.6 Å². The third kappa shape index (κ3) is 3.01. The molecule has 1 heterocycles. The van der Waals surface area contributed by atoms with E-state index in [4.69, 9.17) is 23.8 Å². The Balaban J connectivity index is 2.02. The molecule has 0 aliphatic rings. The van der Waals surface area contributed by atoms with Crippen molar-refractivity contribution in [3.63, 3.8) is 0 Å². The summed E-state index contributed by atoms with van der Waals surface area (Å²) in [7, 11) is 0. The van der Waals surface area contributed by atoms with E-state index in [0.29, 0.717) is 17.1 Å². The Kier molecular flexibility index (Phi) is 3.48. The van der Waals surface area contributed by atoms with Crippen LogP contribution in [0, 0.1) is 4.77 Å². The fourth-order valence-corrected chi connectivity index (χ4v) is 1.47. The van der Waals surface area contributed by atoms with Crippen LogP contribution in [0.5, 0.6) is 0 Å². The molecule has 0 spiro atoms. The number of aromatic amines is 1. The van der Waals surface area contributed by atoms with Gasteiger partial charge in [-0.15, -0.1) is 0 Å². The van der Waals surface area contributed by atoms with Gasteiger partial charge < -0.3 is 5.32 Å². The third-order valence-corrected chi connectivity index (χ3v) is 2.39. The maximum atomic E-state index is 5.79. The number of hydrogen-bond donors (Lipinski definition) is 2. The van der Waals surface area contributed by atoms with Crippen molar-refractivity contribution in [1.29, 1.82) is 0 Å². The van der Waals surface area contributed by atoms with Gasteiger partial charge in [0.15, 0.2) is 0 Å². The monoisotopic (exact) mass is 252 g/mol. The molecule has 0 bridgehead atoms. The number of H-pyrrole nitrogens is 1. The van der Waals surface area contributed by atoms with Gasteiger partial charge in [-0.05, 0) is 29.9 Å². The van der Waals surface area contributed by atoms with E-state index in [-0.39, 0.29) is 0 Å². The Morgan fingerprint density at radius 2 is 2.06 bits per heavy atom. The van der Waals surface area contributed by atoms with Crippen molar-refractivity contribution in [2.24, 2.45) is 0 Å². The fourth-order valence-electron chi connectivity index (χ4n) is 1.19. The highest BCUT2D eigenvalue weighted by Crippen LogP contribution is 2.10. The number of benzene rings is 1. The Bertz CT molecular complexity index is 523. The predicted octanol–water partition coefficient (Wildman–Crippen LogP) is 2.80. The van der Waals surface area contributed by atoms with Gasteiger partial charge in [-0.1, -0.05) is 23.7 Å². The number of nitrogens with zero attached hydrogens (tertiary/aromatic N) is 2. The SMILES string of the molecule is S=c1nc(NCc2ccc(Cl)cc2)cn[nH]1. The van der Waals surface area contributed by atoms with Gasteiger partial charge in [0.1, 0.15) is 5.82 Å². The van der Waals surface area contributed by atoms with E-state index in [1.807, 2.05) is 24.3 Å². The summed E-state index contributed by atoms with van der Waals surface area (Å²) >= 11 is 10.6. The molecule has 0 atom stereocenters.